The van der Waals surface area contributed by atoms with Gasteiger partial charge in [0.2, 0.25) is 5.09 Å². The molecule has 0 radical (unpaired) electrons. The highest BCUT2D eigenvalue weighted by molar-refractivity contribution is 7.89. The van der Waals surface area contributed by atoms with Gasteiger partial charge in [-0.15, -0.1) is 0 Å². The average molecular weight is 417 g/mol. The zero-order chi connectivity index (χ0) is 20.6. The zero-order valence-corrected chi connectivity index (χ0v) is 16.4. The van der Waals surface area contributed by atoms with Crippen molar-refractivity contribution >= 4 is 26.8 Å². The number of aryl methyl sites for hydroxylation is 1. The molecule has 1 N–H and O–H groups in total. The van der Waals surface area contributed by atoms with Gasteiger partial charge >= 0.3 is 0 Å². The van der Waals surface area contributed by atoms with Gasteiger partial charge in [-0.25, -0.2) is 12.8 Å². The Kier molecular flexibility index (Phi) is 5.14. The van der Waals surface area contributed by atoms with Crippen molar-refractivity contribution in [3.63, 3.8) is 0 Å². The number of hydrogen-bond acceptors (Lipinski definition) is 5. The molecule has 1 saturated heterocycles. The number of benzene rings is 2. The summed E-state index contributed by atoms with van der Waals surface area (Å²) in [5.74, 6) is -0.527. The lowest BCUT2D eigenvalue weighted by Gasteiger charge is -2.21. The van der Waals surface area contributed by atoms with Gasteiger partial charge in [0.05, 0.1) is 6.04 Å². The van der Waals surface area contributed by atoms with Gasteiger partial charge in [0.25, 0.3) is 10.0 Å². The summed E-state index contributed by atoms with van der Waals surface area (Å²) in [5, 5.41) is 9.61. The Morgan fingerprint density at radius 2 is 2.03 bits per heavy atom. The van der Waals surface area contributed by atoms with Gasteiger partial charge in [-0.2, -0.15) is 4.31 Å². The highest BCUT2D eigenvalue weighted by Crippen LogP contribution is 2.31. The van der Waals surface area contributed by atoms with Crippen LogP contribution in [-0.4, -0.2) is 36.2 Å². The number of fused-ring (bicyclic) bond motifs is 1. The third kappa shape index (κ3) is 3.90. The van der Waals surface area contributed by atoms with Gasteiger partial charge < -0.3 is 9.52 Å². The van der Waals surface area contributed by atoms with Gasteiger partial charge in [0.1, 0.15) is 17.1 Å². The molecule has 0 saturated carbocycles. The van der Waals surface area contributed by atoms with Crippen LogP contribution < -0.4 is 0 Å². The number of sulfonamides is 1. The van der Waals surface area contributed by atoms with Crippen LogP contribution in [0.25, 0.3) is 11.0 Å². The van der Waals surface area contributed by atoms with Gasteiger partial charge in [0.15, 0.2) is 5.78 Å². The molecule has 6 nitrogen and oxygen atoms in total. The van der Waals surface area contributed by atoms with Gasteiger partial charge in [-0.3, -0.25) is 4.79 Å². The Morgan fingerprint density at radius 1 is 1.21 bits per heavy atom. The summed E-state index contributed by atoms with van der Waals surface area (Å²) in [6.07, 6.45) is 1.62. The molecule has 0 unspecified atom stereocenters. The fourth-order valence-corrected chi connectivity index (χ4v) is 5.36. The molecule has 2 heterocycles. The van der Waals surface area contributed by atoms with E-state index in [2.05, 4.69) is 0 Å². The molecular weight excluding hydrogens is 397 g/mol. The van der Waals surface area contributed by atoms with Crippen LogP contribution in [0.1, 0.15) is 24.8 Å². The van der Waals surface area contributed by atoms with E-state index in [1.165, 1.54) is 28.6 Å². The molecular formula is C21H20FNO5S. The number of nitrogens with zero attached hydrogens (tertiary/aromatic N) is 1. The lowest BCUT2D eigenvalue weighted by atomic mass is 10.0. The Balaban J connectivity index is 1.53. The minimum absolute atomic E-state index is 0.126. The number of Topliss-reactive ketones (excluding diaryl/α,β-unsaturated/α-hetero) is 1. The number of carbonyl (C=O) groups excluding carboxylic acids is 1. The summed E-state index contributed by atoms with van der Waals surface area (Å²) in [5.41, 5.74) is 1.08. The van der Waals surface area contributed by atoms with E-state index in [0.717, 1.165) is 5.56 Å². The molecule has 2 aromatic carbocycles. The molecule has 1 atom stereocenters. The van der Waals surface area contributed by atoms with Crippen LogP contribution in [0.4, 0.5) is 4.39 Å². The Bertz CT molecular complexity index is 1170. The first-order valence-electron chi connectivity index (χ1n) is 9.36. The molecule has 0 aliphatic carbocycles. The minimum Gasteiger partial charge on any atom is -0.508 e. The second kappa shape index (κ2) is 7.61. The fraction of sp³-hybridized carbons (Fsp3) is 0.286. The van der Waals surface area contributed by atoms with Crippen LogP contribution in [0.3, 0.4) is 0 Å². The number of hydrogen-bond donors (Lipinski definition) is 1. The molecule has 152 valence electrons. The minimum atomic E-state index is -4.01. The highest BCUT2D eigenvalue weighted by atomic mass is 32.2. The molecule has 1 aromatic heterocycles. The van der Waals surface area contributed by atoms with E-state index in [1.54, 1.807) is 18.2 Å². The molecule has 0 amide bonds. The largest absolute Gasteiger partial charge is 0.508 e. The van der Waals surface area contributed by atoms with Gasteiger partial charge in [-0.05, 0) is 55.2 Å². The summed E-state index contributed by atoms with van der Waals surface area (Å²) in [6, 6.07) is 11.0. The number of ketones is 1. The SMILES string of the molecule is O=C(CCc1cccc(O)c1)[C@@H]1CCCN1S(=O)(=O)c1cc2cc(F)ccc2o1. The van der Waals surface area contributed by atoms with E-state index < -0.39 is 21.9 Å². The third-order valence-electron chi connectivity index (χ3n) is 5.16. The van der Waals surface area contributed by atoms with E-state index >= 15 is 0 Å². The molecule has 1 aliphatic heterocycles. The molecule has 3 aromatic rings. The third-order valence-corrected chi connectivity index (χ3v) is 6.93. The van der Waals surface area contributed by atoms with E-state index in [0.29, 0.717) is 24.6 Å². The predicted molar refractivity (Wildman–Crippen MR) is 105 cm³/mol. The first-order chi connectivity index (χ1) is 13.8. The number of halogens is 1. The van der Waals surface area contributed by atoms with Crippen LogP contribution >= 0.6 is 0 Å². The smallest absolute Gasteiger partial charge is 0.277 e. The molecule has 1 fully saturated rings. The van der Waals surface area contributed by atoms with Crippen molar-refractivity contribution in [1.29, 1.82) is 0 Å². The van der Waals surface area contributed by atoms with E-state index in [9.17, 15) is 22.7 Å². The first kappa shape index (κ1) is 19.6. The van der Waals surface area contributed by atoms with Crippen molar-refractivity contribution in [2.75, 3.05) is 6.54 Å². The van der Waals surface area contributed by atoms with Crippen molar-refractivity contribution < 1.29 is 27.1 Å². The Morgan fingerprint density at radius 3 is 2.83 bits per heavy atom. The monoisotopic (exact) mass is 417 g/mol. The first-order valence-corrected chi connectivity index (χ1v) is 10.8. The normalized spacial score (nSPS) is 17.8. The average Bonchev–Trinajstić information content (AvgIpc) is 3.33. The maximum atomic E-state index is 13.4. The van der Waals surface area contributed by atoms with E-state index in [4.69, 9.17) is 4.42 Å². The number of carbonyl (C=O) groups is 1. The summed E-state index contributed by atoms with van der Waals surface area (Å²) >= 11 is 0. The molecule has 0 bridgehead atoms. The summed E-state index contributed by atoms with van der Waals surface area (Å²) in [6.45, 7) is 0.232. The van der Waals surface area contributed by atoms with Crippen LogP contribution in [0.15, 0.2) is 58.0 Å². The molecule has 4 rings (SSSR count). The van der Waals surface area contributed by atoms with E-state index in [-0.39, 0.29) is 35.2 Å². The Labute approximate surface area is 167 Å². The second-order valence-corrected chi connectivity index (χ2v) is 8.98. The molecule has 0 spiro atoms. The number of phenolic OH excluding ortho intramolecular Hbond substituents is 1. The van der Waals surface area contributed by atoms with Crippen LogP contribution in [0.2, 0.25) is 0 Å². The van der Waals surface area contributed by atoms with Crippen LogP contribution in [0.5, 0.6) is 5.75 Å². The number of furan rings is 1. The standard InChI is InChI=1S/C21H20FNO5S/c22-16-7-9-20-15(12-16)13-21(28-20)29(26,27)23-10-2-5-18(23)19(25)8-6-14-3-1-4-17(24)11-14/h1,3-4,7,9,11-13,18,24H,2,5-6,8,10H2/t18-/m0/s1. The van der Waals surface area contributed by atoms with Crippen molar-refractivity contribution in [3.05, 3.63) is 59.9 Å². The fourth-order valence-electron chi connectivity index (χ4n) is 3.73. The lowest BCUT2D eigenvalue weighted by molar-refractivity contribution is -0.122. The molecule has 29 heavy (non-hydrogen) atoms. The predicted octanol–water partition coefficient (Wildman–Crippen LogP) is 3.63. The zero-order valence-electron chi connectivity index (χ0n) is 15.5. The van der Waals surface area contributed by atoms with Gasteiger partial charge in [0, 0.05) is 24.4 Å². The van der Waals surface area contributed by atoms with Crippen molar-refractivity contribution in [1.82, 2.24) is 4.31 Å². The van der Waals surface area contributed by atoms with Gasteiger partial charge in [-0.1, -0.05) is 12.1 Å². The van der Waals surface area contributed by atoms with Crippen molar-refractivity contribution in [2.24, 2.45) is 0 Å². The quantitative estimate of drug-likeness (QED) is 0.662. The molecule has 1 aliphatic rings. The van der Waals surface area contributed by atoms with Crippen LogP contribution in [0, 0.1) is 5.82 Å². The summed E-state index contributed by atoms with van der Waals surface area (Å²) in [7, 11) is -4.01. The number of aromatic hydroxyl groups is 1. The second-order valence-electron chi connectivity index (χ2n) is 7.16. The number of rotatable bonds is 6. The van der Waals surface area contributed by atoms with Crippen LogP contribution in [-0.2, 0) is 21.2 Å². The highest BCUT2D eigenvalue weighted by Gasteiger charge is 2.40. The maximum Gasteiger partial charge on any atom is 0.277 e. The van der Waals surface area contributed by atoms with E-state index in [1.807, 2.05) is 6.07 Å². The summed E-state index contributed by atoms with van der Waals surface area (Å²) in [4.78, 5) is 12.8. The lowest BCUT2D eigenvalue weighted by Crippen LogP contribution is -2.40. The summed E-state index contributed by atoms with van der Waals surface area (Å²) < 4.78 is 46.2. The topological polar surface area (TPSA) is 87.8 Å². The maximum absolute atomic E-state index is 13.4. The molecule has 8 heteroatoms. The Hall–Kier alpha value is -2.71. The number of phenols is 1. The van der Waals surface area contributed by atoms with Crippen molar-refractivity contribution in [3.8, 4) is 5.75 Å². The van der Waals surface area contributed by atoms with Crippen molar-refractivity contribution in [2.45, 2.75) is 36.8 Å².